The van der Waals surface area contributed by atoms with Gasteiger partial charge in [-0.05, 0) is 56.5 Å². The molecule has 0 aromatic rings. The van der Waals surface area contributed by atoms with Crippen LogP contribution in [0.5, 0.6) is 0 Å². The molecule has 1 saturated carbocycles. The average Bonchev–Trinajstić information content (AvgIpc) is 2.24. The van der Waals surface area contributed by atoms with Crippen LogP contribution in [0.1, 0.15) is 60.3 Å². The molecule has 1 fully saturated rings. The van der Waals surface area contributed by atoms with Crippen LogP contribution in [0, 0.1) is 17.3 Å². The second kappa shape index (κ2) is 6.38. The van der Waals surface area contributed by atoms with Crippen LogP contribution in [0.2, 0.25) is 0 Å². The first-order chi connectivity index (χ1) is 8.20. The van der Waals surface area contributed by atoms with Crippen LogP contribution in [-0.4, -0.2) is 35.7 Å². The number of aliphatic hydroxyl groups excluding tert-OH is 1. The van der Waals surface area contributed by atoms with E-state index >= 15 is 0 Å². The van der Waals surface area contributed by atoms with Gasteiger partial charge in [0.15, 0.2) is 0 Å². The Bertz CT molecular complexity index is 244. The van der Waals surface area contributed by atoms with E-state index in [-0.39, 0.29) is 6.10 Å². The van der Waals surface area contributed by atoms with E-state index in [4.69, 9.17) is 0 Å². The molecule has 2 nitrogen and oxygen atoms in total. The summed E-state index contributed by atoms with van der Waals surface area (Å²) >= 11 is 0. The van der Waals surface area contributed by atoms with Crippen LogP contribution < -0.4 is 0 Å². The maximum Gasteiger partial charge on any atom is 0.0555 e. The molecule has 1 aliphatic rings. The van der Waals surface area contributed by atoms with Gasteiger partial charge < -0.3 is 10.0 Å². The highest BCUT2D eigenvalue weighted by Gasteiger charge is 2.34. The van der Waals surface area contributed by atoms with Crippen molar-refractivity contribution in [1.82, 2.24) is 4.90 Å². The van der Waals surface area contributed by atoms with Gasteiger partial charge >= 0.3 is 0 Å². The normalized spacial score (nSPS) is 30.2. The minimum Gasteiger partial charge on any atom is -0.393 e. The summed E-state index contributed by atoms with van der Waals surface area (Å²) < 4.78 is 0. The summed E-state index contributed by atoms with van der Waals surface area (Å²) in [5, 5.41) is 9.93. The number of hydrogen-bond acceptors (Lipinski definition) is 2. The molecule has 0 spiro atoms. The minimum atomic E-state index is -0.0814. The van der Waals surface area contributed by atoms with E-state index in [9.17, 15) is 5.11 Å². The third-order valence-electron chi connectivity index (χ3n) is 4.48. The van der Waals surface area contributed by atoms with Gasteiger partial charge in [0.1, 0.15) is 0 Å². The van der Waals surface area contributed by atoms with Crippen LogP contribution in [0.25, 0.3) is 0 Å². The van der Waals surface area contributed by atoms with Crippen LogP contribution in [0.4, 0.5) is 0 Å². The largest absolute Gasteiger partial charge is 0.393 e. The lowest BCUT2D eigenvalue weighted by Gasteiger charge is -2.42. The van der Waals surface area contributed by atoms with E-state index in [0.717, 1.165) is 31.2 Å². The Hall–Kier alpha value is -0.0800. The predicted molar refractivity (Wildman–Crippen MR) is 78.7 cm³/mol. The van der Waals surface area contributed by atoms with Gasteiger partial charge in [0.2, 0.25) is 0 Å². The second-order valence-electron chi connectivity index (χ2n) is 7.73. The van der Waals surface area contributed by atoms with E-state index < -0.39 is 0 Å². The minimum absolute atomic E-state index is 0.0814. The zero-order chi connectivity index (χ0) is 13.9. The molecule has 18 heavy (non-hydrogen) atoms. The molecular weight excluding hydrogens is 222 g/mol. The van der Waals surface area contributed by atoms with Gasteiger partial charge in [-0.15, -0.1) is 0 Å². The maximum absolute atomic E-state index is 9.93. The number of nitrogens with zero attached hydrogens (tertiary/aromatic N) is 1. The fourth-order valence-corrected chi connectivity index (χ4v) is 3.11. The molecular formula is C16H33NO. The Labute approximate surface area is 114 Å². The summed E-state index contributed by atoms with van der Waals surface area (Å²) in [6.45, 7) is 12.7. The smallest absolute Gasteiger partial charge is 0.0555 e. The quantitative estimate of drug-likeness (QED) is 0.830. The molecule has 3 atom stereocenters. The molecule has 3 unspecified atom stereocenters. The van der Waals surface area contributed by atoms with Crippen molar-refractivity contribution in [1.29, 1.82) is 0 Å². The van der Waals surface area contributed by atoms with Crippen molar-refractivity contribution < 1.29 is 5.11 Å². The molecule has 1 N–H and O–H groups in total. The lowest BCUT2D eigenvalue weighted by Crippen LogP contribution is -2.46. The Morgan fingerprint density at radius 1 is 1.22 bits per heavy atom. The van der Waals surface area contributed by atoms with Gasteiger partial charge in [-0.1, -0.05) is 34.6 Å². The summed E-state index contributed by atoms with van der Waals surface area (Å²) in [5.74, 6) is 1.47. The van der Waals surface area contributed by atoms with Crippen molar-refractivity contribution in [3.8, 4) is 0 Å². The standard InChI is InChI=1S/C16H33NO/c1-12(2)14-8-7-13(18)11-15(14)17(6)10-9-16(3,4)5/h12-15,18H,7-11H2,1-6H3. The lowest BCUT2D eigenvalue weighted by molar-refractivity contribution is 0.0190. The first-order valence-electron chi connectivity index (χ1n) is 7.59. The predicted octanol–water partition coefficient (Wildman–Crippen LogP) is 3.54. The molecule has 0 amide bonds. The van der Waals surface area contributed by atoms with Crippen LogP contribution >= 0.6 is 0 Å². The molecule has 0 radical (unpaired) electrons. The van der Waals surface area contributed by atoms with E-state index in [1.54, 1.807) is 0 Å². The Morgan fingerprint density at radius 2 is 1.83 bits per heavy atom. The third kappa shape index (κ3) is 4.89. The van der Waals surface area contributed by atoms with Crippen molar-refractivity contribution >= 4 is 0 Å². The maximum atomic E-state index is 9.93. The highest BCUT2D eigenvalue weighted by molar-refractivity contribution is 4.87. The monoisotopic (exact) mass is 255 g/mol. The zero-order valence-electron chi connectivity index (χ0n) is 13.2. The first-order valence-corrected chi connectivity index (χ1v) is 7.59. The van der Waals surface area contributed by atoms with Crippen molar-refractivity contribution in [2.24, 2.45) is 17.3 Å². The van der Waals surface area contributed by atoms with Gasteiger partial charge in [0, 0.05) is 6.04 Å². The number of hydrogen-bond donors (Lipinski definition) is 1. The summed E-state index contributed by atoms with van der Waals surface area (Å²) in [6.07, 6.45) is 4.28. The molecule has 0 heterocycles. The second-order valence-corrected chi connectivity index (χ2v) is 7.73. The van der Waals surface area contributed by atoms with E-state index in [1.165, 1.54) is 12.8 Å². The van der Waals surface area contributed by atoms with Gasteiger partial charge in [-0.3, -0.25) is 0 Å². The first kappa shape index (κ1) is 16.0. The van der Waals surface area contributed by atoms with Crippen molar-refractivity contribution in [2.45, 2.75) is 72.4 Å². The molecule has 0 aromatic carbocycles. The summed E-state index contributed by atoms with van der Waals surface area (Å²) in [7, 11) is 2.24. The van der Waals surface area contributed by atoms with Crippen LogP contribution in [0.15, 0.2) is 0 Å². The number of aliphatic hydroxyl groups is 1. The van der Waals surface area contributed by atoms with Crippen molar-refractivity contribution in [3.63, 3.8) is 0 Å². The molecule has 1 aliphatic carbocycles. The Balaban J connectivity index is 2.58. The Morgan fingerprint density at radius 3 is 2.33 bits per heavy atom. The van der Waals surface area contributed by atoms with Crippen LogP contribution in [-0.2, 0) is 0 Å². The SMILES string of the molecule is CC(C)C1CCC(O)CC1N(C)CCC(C)(C)C. The van der Waals surface area contributed by atoms with E-state index in [1.807, 2.05) is 0 Å². The molecule has 0 saturated heterocycles. The third-order valence-corrected chi connectivity index (χ3v) is 4.48. The fourth-order valence-electron chi connectivity index (χ4n) is 3.11. The summed E-state index contributed by atoms with van der Waals surface area (Å²) in [5.41, 5.74) is 0.398. The highest BCUT2D eigenvalue weighted by atomic mass is 16.3. The molecule has 0 aliphatic heterocycles. The topological polar surface area (TPSA) is 23.5 Å². The Kier molecular flexibility index (Phi) is 5.67. The van der Waals surface area contributed by atoms with Gasteiger partial charge in [0.05, 0.1) is 6.10 Å². The molecule has 1 rings (SSSR count). The average molecular weight is 255 g/mol. The fraction of sp³-hybridized carbons (Fsp3) is 1.00. The zero-order valence-corrected chi connectivity index (χ0v) is 13.2. The van der Waals surface area contributed by atoms with Crippen LogP contribution in [0.3, 0.4) is 0 Å². The van der Waals surface area contributed by atoms with Crippen molar-refractivity contribution in [2.75, 3.05) is 13.6 Å². The lowest BCUT2D eigenvalue weighted by atomic mass is 9.76. The molecule has 0 aromatic heterocycles. The summed E-state index contributed by atoms with van der Waals surface area (Å²) in [6, 6.07) is 0.566. The van der Waals surface area contributed by atoms with Gasteiger partial charge in [-0.2, -0.15) is 0 Å². The highest BCUT2D eigenvalue weighted by Crippen LogP contribution is 2.34. The van der Waals surface area contributed by atoms with Gasteiger partial charge in [-0.25, -0.2) is 0 Å². The molecule has 2 heteroatoms. The molecule has 0 bridgehead atoms. The molecule has 108 valence electrons. The van der Waals surface area contributed by atoms with E-state index in [0.29, 0.717) is 11.5 Å². The summed E-state index contributed by atoms with van der Waals surface area (Å²) in [4.78, 5) is 2.50. The van der Waals surface area contributed by atoms with E-state index in [2.05, 4.69) is 46.6 Å². The van der Waals surface area contributed by atoms with Gasteiger partial charge in [0.25, 0.3) is 0 Å². The number of rotatable bonds is 4. The van der Waals surface area contributed by atoms with Crippen molar-refractivity contribution in [3.05, 3.63) is 0 Å².